The summed E-state index contributed by atoms with van der Waals surface area (Å²) < 4.78 is 0. The molecule has 0 aliphatic carbocycles. The third-order valence-electron chi connectivity index (χ3n) is 4.70. The predicted molar refractivity (Wildman–Crippen MR) is 95.7 cm³/mol. The highest BCUT2D eigenvalue weighted by atomic mass is 32.1. The van der Waals surface area contributed by atoms with Gasteiger partial charge in [0, 0.05) is 37.1 Å². The Hall–Kier alpha value is -1.33. The molecular formula is C18H27N3OS. The van der Waals surface area contributed by atoms with Gasteiger partial charge in [-0.2, -0.15) is 0 Å². The van der Waals surface area contributed by atoms with Crippen LogP contribution in [0.2, 0.25) is 0 Å². The van der Waals surface area contributed by atoms with Crippen LogP contribution in [0.5, 0.6) is 0 Å². The minimum atomic E-state index is 0.0960. The fourth-order valence-corrected chi connectivity index (χ4v) is 4.26. The lowest BCUT2D eigenvalue weighted by molar-refractivity contribution is 0.195. The SMILES string of the molecule is CC(C)C[C@H](NC(=O)N1CC[C@H](N2CC=CC2)C1)c1cccs1. The summed E-state index contributed by atoms with van der Waals surface area (Å²) in [7, 11) is 0. The Morgan fingerprint density at radius 3 is 2.83 bits per heavy atom. The van der Waals surface area contributed by atoms with E-state index in [4.69, 9.17) is 0 Å². The fraction of sp³-hybridized carbons (Fsp3) is 0.611. The maximum atomic E-state index is 12.7. The minimum Gasteiger partial charge on any atom is -0.330 e. The van der Waals surface area contributed by atoms with Crippen LogP contribution in [0.25, 0.3) is 0 Å². The van der Waals surface area contributed by atoms with Crippen LogP contribution in [0, 0.1) is 5.92 Å². The van der Waals surface area contributed by atoms with Crippen LogP contribution >= 0.6 is 11.3 Å². The number of rotatable bonds is 5. The molecule has 0 spiro atoms. The van der Waals surface area contributed by atoms with Gasteiger partial charge in [0.15, 0.2) is 0 Å². The molecule has 2 atom stereocenters. The molecule has 1 aromatic rings. The Balaban J connectivity index is 1.56. The highest BCUT2D eigenvalue weighted by Crippen LogP contribution is 2.26. The molecule has 0 unspecified atom stereocenters. The number of hydrogen-bond acceptors (Lipinski definition) is 3. The van der Waals surface area contributed by atoms with Gasteiger partial charge >= 0.3 is 6.03 Å². The van der Waals surface area contributed by atoms with E-state index in [0.717, 1.165) is 39.0 Å². The summed E-state index contributed by atoms with van der Waals surface area (Å²) in [6, 6.07) is 4.93. The molecule has 1 aromatic heterocycles. The molecule has 5 heteroatoms. The Morgan fingerprint density at radius 2 is 2.17 bits per heavy atom. The largest absolute Gasteiger partial charge is 0.330 e. The van der Waals surface area contributed by atoms with Crippen LogP contribution in [0.3, 0.4) is 0 Å². The maximum absolute atomic E-state index is 12.7. The van der Waals surface area contributed by atoms with Gasteiger partial charge < -0.3 is 10.2 Å². The molecule has 126 valence electrons. The van der Waals surface area contributed by atoms with Gasteiger partial charge in [-0.3, -0.25) is 4.90 Å². The lowest BCUT2D eigenvalue weighted by atomic mass is 10.0. The third kappa shape index (κ3) is 4.15. The summed E-state index contributed by atoms with van der Waals surface area (Å²) in [5.41, 5.74) is 0. The highest BCUT2D eigenvalue weighted by Gasteiger charge is 2.31. The van der Waals surface area contributed by atoms with E-state index in [1.165, 1.54) is 4.88 Å². The van der Waals surface area contributed by atoms with E-state index < -0.39 is 0 Å². The molecule has 1 saturated heterocycles. The number of carbonyl (C=O) groups excluding carboxylic acids is 1. The lowest BCUT2D eigenvalue weighted by Gasteiger charge is -2.26. The average molecular weight is 334 g/mol. The van der Waals surface area contributed by atoms with Crippen LogP contribution < -0.4 is 5.32 Å². The van der Waals surface area contributed by atoms with Gasteiger partial charge in [0.05, 0.1) is 6.04 Å². The van der Waals surface area contributed by atoms with E-state index in [1.54, 1.807) is 11.3 Å². The Labute approximate surface area is 143 Å². The van der Waals surface area contributed by atoms with E-state index in [9.17, 15) is 4.79 Å². The monoisotopic (exact) mass is 333 g/mol. The Kier molecular flexibility index (Phi) is 5.38. The van der Waals surface area contributed by atoms with Crippen molar-refractivity contribution < 1.29 is 4.79 Å². The third-order valence-corrected chi connectivity index (χ3v) is 5.69. The molecule has 3 rings (SSSR count). The second-order valence-electron chi connectivity index (χ2n) is 6.96. The molecule has 2 aliphatic heterocycles. The number of thiophene rings is 1. The van der Waals surface area contributed by atoms with Gasteiger partial charge in [-0.1, -0.05) is 32.1 Å². The van der Waals surface area contributed by atoms with Crippen molar-refractivity contribution in [3.63, 3.8) is 0 Å². The van der Waals surface area contributed by atoms with Crippen LogP contribution in [0.1, 0.15) is 37.6 Å². The first-order chi connectivity index (χ1) is 11.1. The second kappa shape index (κ2) is 7.49. The van der Waals surface area contributed by atoms with Crippen LogP contribution in [0.4, 0.5) is 4.79 Å². The van der Waals surface area contributed by atoms with Crippen molar-refractivity contribution in [3.05, 3.63) is 34.5 Å². The molecule has 1 fully saturated rings. The first-order valence-corrected chi connectivity index (χ1v) is 9.49. The van der Waals surface area contributed by atoms with Crippen LogP contribution in [0.15, 0.2) is 29.7 Å². The molecule has 4 nitrogen and oxygen atoms in total. The number of amides is 2. The van der Waals surface area contributed by atoms with Gasteiger partial charge in [-0.05, 0) is 30.2 Å². The summed E-state index contributed by atoms with van der Waals surface area (Å²) in [4.78, 5) is 18.4. The van der Waals surface area contributed by atoms with Gasteiger partial charge in [-0.25, -0.2) is 4.79 Å². The van der Waals surface area contributed by atoms with E-state index in [1.807, 2.05) is 4.90 Å². The molecule has 2 aliphatic rings. The van der Waals surface area contributed by atoms with Gasteiger partial charge in [-0.15, -0.1) is 11.3 Å². The number of likely N-dealkylation sites (tertiary alicyclic amines) is 1. The van der Waals surface area contributed by atoms with Crippen molar-refractivity contribution in [2.45, 2.75) is 38.8 Å². The Morgan fingerprint density at radius 1 is 1.39 bits per heavy atom. The van der Waals surface area contributed by atoms with Crippen molar-refractivity contribution in [1.82, 2.24) is 15.1 Å². The number of carbonyl (C=O) groups is 1. The molecular weight excluding hydrogens is 306 g/mol. The van der Waals surface area contributed by atoms with E-state index in [2.05, 4.69) is 53.7 Å². The van der Waals surface area contributed by atoms with E-state index >= 15 is 0 Å². The normalized spacial score (nSPS) is 22.9. The first-order valence-electron chi connectivity index (χ1n) is 8.61. The molecule has 0 radical (unpaired) electrons. The van der Waals surface area contributed by atoms with Crippen LogP contribution in [-0.2, 0) is 0 Å². The summed E-state index contributed by atoms with van der Waals surface area (Å²) >= 11 is 1.73. The zero-order chi connectivity index (χ0) is 16.2. The molecule has 1 N–H and O–H groups in total. The van der Waals surface area contributed by atoms with Gasteiger partial charge in [0.25, 0.3) is 0 Å². The Bertz CT molecular complexity index is 532. The van der Waals surface area contributed by atoms with Crippen molar-refractivity contribution in [3.8, 4) is 0 Å². The topological polar surface area (TPSA) is 35.6 Å². The zero-order valence-electron chi connectivity index (χ0n) is 14.1. The molecule has 3 heterocycles. The van der Waals surface area contributed by atoms with E-state index in [-0.39, 0.29) is 12.1 Å². The van der Waals surface area contributed by atoms with Gasteiger partial charge in [0.1, 0.15) is 0 Å². The zero-order valence-corrected chi connectivity index (χ0v) is 14.9. The molecule has 2 amide bonds. The van der Waals surface area contributed by atoms with Crippen LogP contribution in [-0.4, -0.2) is 48.1 Å². The van der Waals surface area contributed by atoms with Gasteiger partial charge in [0.2, 0.25) is 0 Å². The number of urea groups is 1. The number of hydrogen-bond donors (Lipinski definition) is 1. The number of nitrogens with zero attached hydrogens (tertiary/aromatic N) is 2. The maximum Gasteiger partial charge on any atom is 0.317 e. The summed E-state index contributed by atoms with van der Waals surface area (Å²) in [5.74, 6) is 0.560. The molecule has 0 bridgehead atoms. The molecule has 0 aromatic carbocycles. The van der Waals surface area contributed by atoms with Crippen molar-refractivity contribution in [1.29, 1.82) is 0 Å². The van der Waals surface area contributed by atoms with Crippen molar-refractivity contribution >= 4 is 17.4 Å². The van der Waals surface area contributed by atoms with Crippen molar-refractivity contribution in [2.75, 3.05) is 26.2 Å². The number of nitrogens with one attached hydrogen (secondary N) is 1. The summed E-state index contributed by atoms with van der Waals surface area (Å²) in [5, 5.41) is 5.35. The molecule has 23 heavy (non-hydrogen) atoms. The van der Waals surface area contributed by atoms with Crippen molar-refractivity contribution in [2.24, 2.45) is 5.92 Å². The summed E-state index contributed by atoms with van der Waals surface area (Å²) in [6.45, 7) is 8.20. The second-order valence-corrected chi connectivity index (χ2v) is 7.94. The molecule has 0 saturated carbocycles. The average Bonchev–Trinajstić information content (AvgIpc) is 3.25. The highest BCUT2D eigenvalue weighted by molar-refractivity contribution is 7.10. The first kappa shape index (κ1) is 16.5. The smallest absolute Gasteiger partial charge is 0.317 e. The van der Waals surface area contributed by atoms with E-state index in [0.29, 0.717) is 12.0 Å². The standard InChI is InChI=1S/C18H27N3OS/c1-14(2)12-16(17-6-5-11-23-17)19-18(22)21-10-7-15(13-21)20-8-3-4-9-20/h3-6,11,14-16H,7-10,12-13H2,1-2H3,(H,19,22)/t15-,16-/m0/s1. The minimum absolute atomic E-state index is 0.0960. The summed E-state index contributed by atoms with van der Waals surface area (Å²) in [6.07, 6.45) is 6.51. The fourth-order valence-electron chi connectivity index (χ4n) is 3.46. The predicted octanol–water partition coefficient (Wildman–Crippen LogP) is 3.49. The lowest BCUT2D eigenvalue weighted by Crippen LogP contribution is -2.43. The quantitative estimate of drug-likeness (QED) is 0.837.